The molecule has 0 aliphatic heterocycles. The highest BCUT2D eigenvalue weighted by Gasteiger charge is 2.19. The van der Waals surface area contributed by atoms with Gasteiger partial charge in [-0.1, -0.05) is 0 Å². The largest absolute Gasteiger partial charge is 0.496 e. The zero-order valence-corrected chi connectivity index (χ0v) is 9.79. The Morgan fingerprint density at radius 3 is 3.00 bits per heavy atom. The maximum absolute atomic E-state index is 14.4. The van der Waals surface area contributed by atoms with Crippen molar-refractivity contribution in [2.75, 3.05) is 7.04 Å². The quantitative estimate of drug-likeness (QED) is 0.919. The van der Waals surface area contributed by atoms with Gasteiger partial charge in [0.15, 0.2) is 17.3 Å². The molecule has 0 aliphatic rings. The van der Waals surface area contributed by atoms with E-state index in [-0.39, 0.29) is 5.56 Å². The molecule has 2 aromatic rings. The molecule has 1 N–H and O–H groups in total. The molecule has 0 aliphatic carbocycles. The van der Waals surface area contributed by atoms with Crippen molar-refractivity contribution < 1.29 is 23.1 Å². The maximum atomic E-state index is 14.4. The van der Waals surface area contributed by atoms with Crippen molar-refractivity contribution in [1.29, 1.82) is 5.26 Å². The lowest BCUT2D eigenvalue weighted by atomic mass is 10.1. The van der Waals surface area contributed by atoms with Crippen LogP contribution in [0.15, 0.2) is 24.4 Å². The van der Waals surface area contributed by atoms with Crippen LogP contribution in [0.3, 0.4) is 0 Å². The summed E-state index contributed by atoms with van der Waals surface area (Å²) in [4.78, 5) is 18.3. The number of rotatable bonds is 3. The minimum Gasteiger partial charge on any atom is -0.496 e. The highest BCUT2D eigenvalue weighted by molar-refractivity contribution is 5.86. The van der Waals surface area contributed by atoms with E-state index in [9.17, 15) is 9.18 Å². The van der Waals surface area contributed by atoms with Crippen LogP contribution in [-0.4, -0.2) is 28.1 Å². The minimum atomic E-state index is -2.88. The zero-order chi connectivity index (χ0) is 17.2. The smallest absolute Gasteiger partial charge is 0.354 e. The second-order valence-corrected chi connectivity index (χ2v) is 3.58. The van der Waals surface area contributed by atoms with Crippen LogP contribution in [0.25, 0.3) is 11.4 Å². The summed E-state index contributed by atoms with van der Waals surface area (Å²) >= 11 is 0. The molecule has 7 heteroatoms. The number of halogens is 1. The average Bonchev–Trinajstić information content (AvgIpc) is 2.46. The molecule has 1 aromatic heterocycles. The predicted molar refractivity (Wildman–Crippen MR) is 65.7 cm³/mol. The number of benzene rings is 1. The number of aromatic nitrogens is 2. The summed E-state index contributed by atoms with van der Waals surface area (Å²) in [6, 6.07) is 4.80. The number of carbonyl (C=O) groups is 1. The van der Waals surface area contributed by atoms with Crippen LogP contribution in [0.1, 0.15) is 20.2 Å². The number of nitrogens with zero attached hydrogens (tertiary/aromatic N) is 3. The number of hydrogen-bond acceptors (Lipinski definition) is 5. The molecule has 0 radical (unpaired) electrons. The lowest BCUT2D eigenvalue weighted by Crippen LogP contribution is -2.04. The van der Waals surface area contributed by atoms with Crippen molar-refractivity contribution in [2.24, 2.45) is 0 Å². The fourth-order valence-corrected chi connectivity index (χ4v) is 1.54. The van der Waals surface area contributed by atoms with Crippen LogP contribution in [0.4, 0.5) is 4.39 Å². The van der Waals surface area contributed by atoms with Gasteiger partial charge in [-0.05, 0) is 18.2 Å². The van der Waals surface area contributed by atoms with E-state index in [1.165, 1.54) is 0 Å². The Morgan fingerprint density at radius 2 is 2.35 bits per heavy atom. The SMILES string of the molecule is [2H]C([2H])([2H])Oc1ccc(C#N)c(F)c1-c1nccc(C(=O)O)n1. The number of nitriles is 1. The molecule has 0 fully saturated rings. The Labute approximate surface area is 117 Å². The fourth-order valence-electron chi connectivity index (χ4n) is 1.54. The monoisotopic (exact) mass is 276 g/mol. The van der Waals surface area contributed by atoms with E-state index in [2.05, 4.69) is 9.97 Å². The maximum Gasteiger partial charge on any atom is 0.354 e. The number of carboxylic acids is 1. The van der Waals surface area contributed by atoms with E-state index in [0.717, 1.165) is 24.4 Å². The number of methoxy groups -OCH3 is 1. The van der Waals surface area contributed by atoms with Gasteiger partial charge in [0.1, 0.15) is 11.8 Å². The standard InChI is InChI=1S/C13H8FN3O3/c1-20-9-3-2-7(6-15)11(14)10(9)12-16-5-4-8(17-12)13(18)19/h2-5H,1H3,(H,18,19)/i1D3. The first kappa shape index (κ1) is 9.86. The first-order chi connectivity index (χ1) is 10.7. The van der Waals surface area contributed by atoms with Crippen molar-refractivity contribution in [1.82, 2.24) is 9.97 Å². The van der Waals surface area contributed by atoms with E-state index in [4.69, 9.17) is 19.2 Å². The third-order valence-corrected chi connectivity index (χ3v) is 2.43. The molecule has 0 amide bonds. The molecule has 100 valence electrons. The topological polar surface area (TPSA) is 96.1 Å². The number of carboxylic acid groups (broad SMARTS) is 1. The second-order valence-electron chi connectivity index (χ2n) is 3.58. The van der Waals surface area contributed by atoms with Crippen LogP contribution in [0.5, 0.6) is 5.75 Å². The number of aromatic carboxylic acids is 1. The van der Waals surface area contributed by atoms with Gasteiger partial charge in [-0.15, -0.1) is 0 Å². The minimum absolute atomic E-state index is 0.387. The molecular weight excluding hydrogens is 265 g/mol. The Balaban J connectivity index is 2.70. The van der Waals surface area contributed by atoms with Crippen molar-refractivity contribution >= 4 is 5.97 Å². The van der Waals surface area contributed by atoms with Crippen molar-refractivity contribution in [3.63, 3.8) is 0 Å². The molecule has 20 heavy (non-hydrogen) atoms. The Hall–Kier alpha value is -3.01. The first-order valence-corrected chi connectivity index (χ1v) is 5.21. The number of ether oxygens (including phenoxy) is 1. The van der Waals surface area contributed by atoms with Gasteiger partial charge in [0, 0.05) is 6.20 Å². The van der Waals surface area contributed by atoms with Gasteiger partial charge in [0.2, 0.25) is 0 Å². The van der Waals surface area contributed by atoms with Crippen LogP contribution in [-0.2, 0) is 0 Å². The van der Waals surface area contributed by atoms with E-state index in [1.54, 1.807) is 6.07 Å². The molecule has 1 aromatic carbocycles. The Morgan fingerprint density at radius 1 is 1.55 bits per heavy atom. The molecular formula is C13H8FN3O3. The van der Waals surface area contributed by atoms with Gasteiger partial charge in [-0.25, -0.2) is 19.2 Å². The summed E-state index contributed by atoms with van der Waals surface area (Å²) in [5, 5.41) is 17.8. The van der Waals surface area contributed by atoms with Crippen LogP contribution < -0.4 is 4.74 Å². The van der Waals surface area contributed by atoms with Gasteiger partial charge in [0.25, 0.3) is 0 Å². The first-order valence-electron chi connectivity index (χ1n) is 6.71. The number of hydrogen-bond donors (Lipinski definition) is 1. The lowest BCUT2D eigenvalue weighted by molar-refractivity contribution is 0.0690. The molecule has 0 bridgehead atoms. The van der Waals surface area contributed by atoms with Gasteiger partial charge >= 0.3 is 5.97 Å². The van der Waals surface area contributed by atoms with Crippen molar-refractivity contribution in [3.05, 3.63) is 41.5 Å². The fraction of sp³-hybridized carbons (Fsp3) is 0.0769. The van der Waals surface area contributed by atoms with E-state index in [1.807, 2.05) is 0 Å². The molecule has 0 spiro atoms. The normalized spacial score (nSPS) is 12.7. The van der Waals surface area contributed by atoms with Crippen LogP contribution in [0, 0.1) is 17.1 Å². The van der Waals surface area contributed by atoms with E-state index < -0.39 is 41.7 Å². The summed E-state index contributed by atoms with van der Waals surface area (Å²) in [5.74, 6) is -3.30. The average molecular weight is 276 g/mol. The van der Waals surface area contributed by atoms with Crippen LogP contribution >= 0.6 is 0 Å². The third kappa shape index (κ3) is 2.27. The summed E-state index contributed by atoms with van der Waals surface area (Å²) in [6.45, 7) is 0. The van der Waals surface area contributed by atoms with Gasteiger partial charge in [-0.3, -0.25) is 0 Å². The predicted octanol–water partition coefficient (Wildman–Crippen LogP) is 1.86. The summed E-state index contributed by atoms with van der Waals surface area (Å²) < 4.78 is 40.4. The molecule has 0 saturated heterocycles. The van der Waals surface area contributed by atoms with Gasteiger partial charge < -0.3 is 9.84 Å². The van der Waals surface area contributed by atoms with Crippen molar-refractivity contribution in [3.8, 4) is 23.2 Å². The zero-order valence-electron chi connectivity index (χ0n) is 12.8. The molecule has 6 nitrogen and oxygen atoms in total. The molecule has 0 saturated carbocycles. The van der Waals surface area contributed by atoms with Crippen molar-refractivity contribution in [2.45, 2.75) is 0 Å². The molecule has 2 rings (SSSR count). The second kappa shape index (κ2) is 5.32. The molecule has 0 unspecified atom stereocenters. The summed E-state index contributed by atoms with van der Waals surface area (Å²) in [6.07, 6.45) is 1.07. The highest BCUT2D eigenvalue weighted by Crippen LogP contribution is 2.31. The summed E-state index contributed by atoms with van der Waals surface area (Å²) in [7, 11) is -2.88. The Kier molecular flexibility index (Phi) is 2.62. The Bertz CT molecular complexity index is 818. The van der Waals surface area contributed by atoms with E-state index >= 15 is 0 Å². The van der Waals surface area contributed by atoms with Gasteiger partial charge in [0.05, 0.1) is 22.3 Å². The molecule has 0 atom stereocenters. The summed E-state index contributed by atoms with van der Waals surface area (Å²) in [5.41, 5.74) is -1.30. The van der Waals surface area contributed by atoms with Gasteiger partial charge in [-0.2, -0.15) is 5.26 Å². The molecule has 1 heterocycles. The van der Waals surface area contributed by atoms with Crippen LogP contribution in [0.2, 0.25) is 0 Å². The highest BCUT2D eigenvalue weighted by atomic mass is 19.1. The van der Waals surface area contributed by atoms with E-state index in [0.29, 0.717) is 0 Å². The third-order valence-electron chi connectivity index (χ3n) is 2.43. The lowest BCUT2D eigenvalue weighted by Gasteiger charge is -2.09.